The predicted molar refractivity (Wildman–Crippen MR) is 116 cm³/mol. The lowest BCUT2D eigenvalue weighted by molar-refractivity contribution is -0.126. The van der Waals surface area contributed by atoms with Gasteiger partial charge in [-0.15, -0.1) is 0 Å². The molecular weight excluding hydrogens is 392 g/mol. The number of nitrogens with zero attached hydrogens (tertiary/aromatic N) is 3. The van der Waals surface area contributed by atoms with E-state index in [4.69, 9.17) is 0 Å². The molecule has 0 spiro atoms. The van der Waals surface area contributed by atoms with Crippen molar-refractivity contribution in [3.63, 3.8) is 0 Å². The van der Waals surface area contributed by atoms with Gasteiger partial charge in [-0.05, 0) is 36.2 Å². The van der Waals surface area contributed by atoms with Gasteiger partial charge in [-0.25, -0.2) is 0 Å². The van der Waals surface area contributed by atoms with Crippen molar-refractivity contribution in [2.45, 2.75) is 24.5 Å². The number of β-amino-alcohol motifs (C(OH)–C–C–N with tert-alkyl or cyclic N) is 1. The number of aryl methyl sites for hydroxylation is 1. The second-order valence-corrected chi connectivity index (χ2v) is 7.90. The molecule has 1 saturated heterocycles. The minimum Gasteiger partial charge on any atom is -0.388 e. The number of amides is 2. The third kappa shape index (κ3) is 4.22. The molecule has 0 radical (unpaired) electrons. The van der Waals surface area contributed by atoms with Gasteiger partial charge in [0.2, 0.25) is 5.91 Å². The van der Waals surface area contributed by atoms with E-state index >= 15 is 0 Å². The van der Waals surface area contributed by atoms with E-state index in [0.717, 1.165) is 5.56 Å². The van der Waals surface area contributed by atoms with Gasteiger partial charge in [0.05, 0.1) is 18.1 Å². The molecule has 160 valence electrons. The molecule has 0 unspecified atom stereocenters. The normalized spacial score (nSPS) is 21.0. The van der Waals surface area contributed by atoms with Crippen molar-refractivity contribution < 1.29 is 14.7 Å². The topological polar surface area (TPSA) is 87.5 Å². The van der Waals surface area contributed by atoms with Gasteiger partial charge >= 0.3 is 0 Å². The summed E-state index contributed by atoms with van der Waals surface area (Å²) < 4.78 is 1.77. The first kappa shape index (κ1) is 20.8. The Balaban J connectivity index is 1.57. The summed E-state index contributed by atoms with van der Waals surface area (Å²) in [6.07, 6.45) is 3.04. The zero-order valence-corrected chi connectivity index (χ0v) is 17.4. The Morgan fingerprint density at radius 1 is 1.13 bits per heavy atom. The van der Waals surface area contributed by atoms with Crippen LogP contribution in [0.15, 0.2) is 73.1 Å². The fourth-order valence-corrected chi connectivity index (χ4v) is 4.21. The molecule has 0 bridgehead atoms. The summed E-state index contributed by atoms with van der Waals surface area (Å²) in [5.74, 6) is -0.350. The van der Waals surface area contributed by atoms with E-state index in [-0.39, 0.29) is 24.8 Å². The molecule has 0 aliphatic carbocycles. The third-order valence-corrected chi connectivity index (χ3v) is 5.91. The number of benzene rings is 1. The number of carbonyl (C=O) groups is 2. The third-order valence-electron chi connectivity index (χ3n) is 5.91. The SMILES string of the molecule is Cn1cccc1C(=O)N1CC[C@](NC(=O)Cc2ccccn2)(c2ccccc2)[C@H](O)C1. The first-order chi connectivity index (χ1) is 15.0. The Bertz CT molecular complexity index is 1050. The quantitative estimate of drug-likeness (QED) is 0.662. The van der Waals surface area contributed by atoms with E-state index in [1.54, 1.807) is 33.9 Å². The van der Waals surface area contributed by atoms with E-state index in [0.29, 0.717) is 24.4 Å². The highest BCUT2D eigenvalue weighted by Gasteiger charge is 2.46. The molecule has 1 fully saturated rings. The van der Waals surface area contributed by atoms with E-state index in [9.17, 15) is 14.7 Å². The van der Waals surface area contributed by atoms with E-state index in [1.807, 2.05) is 55.7 Å². The first-order valence-corrected chi connectivity index (χ1v) is 10.3. The molecule has 7 heteroatoms. The van der Waals surface area contributed by atoms with E-state index < -0.39 is 11.6 Å². The van der Waals surface area contributed by atoms with Crippen LogP contribution in [0.4, 0.5) is 0 Å². The predicted octanol–water partition coefficient (Wildman–Crippen LogP) is 1.88. The molecule has 31 heavy (non-hydrogen) atoms. The Kier molecular flexibility index (Phi) is 5.86. The van der Waals surface area contributed by atoms with Crippen molar-refractivity contribution in [3.8, 4) is 0 Å². The van der Waals surface area contributed by atoms with Crippen LogP contribution < -0.4 is 5.32 Å². The van der Waals surface area contributed by atoms with E-state index in [1.165, 1.54) is 0 Å². The first-order valence-electron chi connectivity index (χ1n) is 10.3. The molecule has 3 heterocycles. The molecule has 2 amide bonds. The molecule has 3 aromatic rings. The zero-order chi connectivity index (χ0) is 21.8. The van der Waals surface area contributed by atoms with Crippen LogP contribution in [0.1, 0.15) is 28.2 Å². The molecule has 2 aromatic heterocycles. The summed E-state index contributed by atoms with van der Waals surface area (Å²) in [6, 6.07) is 18.5. The molecule has 1 aliphatic heterocycles. The number of nitrogens with one attached hydrogen (secondary N) is 1. The van der Waals surface area contributed by atoms with Crippen LogP contribution in [0, 0.1) is 0 Å². The van der Waals surface area contributed by atoms with Crippen molar-refractivity contribution >= 4 is 11.8 Å². The molecular formula is C24H26N4O3. The van der Waals surface area contributed by atoms with Crippen LogP contribution in [0.25, 0.3) is 0 Å². The number of aliphatic hydroxyl groups excluding tert-OH is 1. The maximum Gasteiger partial charge on any atom is 0.270 e. The molecule has 1 aromatic carbocycles. The molecule has 4 rings (SSSR count). The number of hydrogen-bond donors (Lipinski definition) is 2. The lowest BCUT2D eigenvalue weighted by Gasteiger charge is -2.46. The highest BCUT2D eigenvalue weighted by molar-refractivity contribution is 5.93. The Labute approximate surface area is 181 Å². The Morgan fingerprint density at radius 2 is 1.90 bits per heavy atom. The van der Waals surface area contributed by atoms with Gasteiger partial charge in [-0.2, -0.15) is 0 Å². The van der Waals surface area contributed by atoms with Gasteiger partial charge in [0.15, 0.2) is 0 Å². The average Bonchev–Trinajstić information content (AvgIpc) is 3.21. The van der Waals surface area contributed by atoms with Gasteiger partial charge < -0.3 is 19.9 Å². The van der Waals surface area contributed by atoms with Crippen LogP contribution >= 0.6 is 0 Å². The van der Waals surface area contributed by atoms with Crippen LogP contribution in [0.2, 0.25) is 0 Å². The summed E-state index contributed by atoms with van der Waals surface area (Å²) >= 11 is 0. The molecule has 0 saturated carbocycles. The summed E-state index contributed by atoms with van der Waals surface area (Å²) in [6.45, 7) is 0.544. The van der Waals surface area contributed by atoms with Crippen molar-refractivity contribution in [3.05, 3.63) is 90.0 Å². The standard InChI is InChI=1S/C24H26N4O3/c1-27-14-7-11-20(27)23(31)28-15-12-24(21(29)17-28,18-8-3-2-4-9-18)26-22(30)16-19-10-5-6-13-25-19/h2-11,13-14,21,29H,12,15-17H2,1H3,(H,26,30)/t21-,24+/m1/s1. The van der Waals surface area contributed by atoms with Gasteiger partial charge in [-0.1, -0.05) is 36.4 Å². The molecule has 2 atom stereocenters. The highest BCUT2D eigenvalue weighted by atomic mass is 16.3. The summed E-state index contributed by atoms with van der Waals surface area (Å²) in [7, 11) is 1.82. The average molecular weight is 418 g/mol. The number of aromatic nitrogens is 2. The van der Waals surface area contributed by atoms with E-state index in [2.05, 4.69) is 10.3 Å². The lowest BCUT2D eigenvalue weighted by Crippen LogP contribution is -2.63. The zero-order valence-electron chi connectivity index (χ0n) is 17.4. The van der Waals surface area contributed by atoms with Crippen molar-refractivity contribution in [2.75, 3.05) is 13.1 Å². The molecule has 1 aliphatic rings. The van der Waals surface area contributed by atoms with Crippen LogP contribution in [0.3, 0.4) is 0 Å². The fraction of sp³-hybridized carbons (Fsp3) is 0.292. The molecule has 2 N–H and O–H groups in total. The smallest absolute Gasteiger partial charge is 0.270 e. The van der Waals surface area contributed by atoms with Crippen LogP contribution in [-0.4, -0.2) is 50.6 Å². The second kappa shape index (κ2) is 8.73. The lowest BCUT2D eigenvalue weighted by atomic mass is 9.78. The minimum atomic E-state index is -0.974. The van der Waals surface area contributed by atoms with Crippen molar-refractivity contribution in [1.29, 1.82) is 0 Å². The van der Waals surface area contributed by atoms with Gasteiger partial charge in [0, 0.05) is 38.2 Å². The largest absolute Gasteiger partial charge is 0.388 e. The number of piperidine rings is 1. The van der Waals surface area contributed by atoms with Crippen LogP contribution in [0.5, 0.6) is 0 Å². The summed E-state index contributed by atoms with van der Waals surface area (Å²) in [4.78, 5) is 31.7. The Morgan fingerprint density at radius 3 is 2.55 bits per heavy atom. The summed E-state index contributed by atoms with van der Waals surface area (Å²) in [5.41, 5.74) is 1.08. The van der Waals surface area contributed by atoms with Crippen LogP contribution in [-0.2, 0) is 23.8 Å². The van der Waals surface area contributed by atoms with Gasteiger partial charge in [-0.3, -0.25) is 14.6 Å². The fourth-order valence-electron chi connectivity index (χ4n) is 4.21. The van der Waals surface area contributed by atoms with Crippen molar-refractivity contribution in [2.24, 2.45) is 7.05 Å². The number of likely N-dealkylation sites (tertiary alicyclic amines) is 1. The van der Waals surface area contributed by atoms with Crippen molar-refractivity contribution in [1.82, 2.24) is 19.8 Å². The highest BCUT2D eigenvalue weighted by Crippen LogP contribution is 2.34. The number of carbonyl (C=O) groups excluding carboxylic acids is 2. The second-order valence-electron chi connectivity index (χ2n) is 7.90. The maximum absolute atomic E-state index is 12.9. The summed E-state index contributed by atoms with van der Waals surface area (Å²) in [5, 5.41) is 14.3. The number of rotatable bonds is 5. The van der Waals surface area contributed by atoms with Gasteiger partial charge in [0.1, 0.15) is 5.69 Å². The van der Waals surface area contributed by atoms with Gasteiger partial charge in [0.25, 0.3) is 5.91 Å². The number of pyridine rings is 1. The Hall–Kier alpha value is -3.45. The molecule has 7 nitrogen and oxygen atoms in total. The monoisotopic (exact) mass is 418 g/mol. The minimum absolute atomic E-state index is 0.119. The number of hydrogen-bond acceptors (Lipinski definition) is 4. The number of aliphatic hydroxyl groups is 1. The maximum atomic E-state index is 12.9.